The van der Waals surface area contributed by atoms with Crippen LogP contribution in [0, 0.1) is 41.5 Å². The molecule has 1 aliphatic heterocycles. The highest BCUT2D eigenvalue weighted by Gasteiger charge is 2.51. The Labute approximate surface area is 303 Å². The average Bonchev–Trinajstić information content (AvgIpc) is 3.41. The van der Waals surface area contributed by atoms with E-state index in [1.165, 1.54) is 100 Å². The molecule has 0 amide bonds. The summed E-state index contributed by atoms with van der Waals surface area (Å²) < 4.78 is 0. The molecular weight excluding hydrogens is 613 g/mol. The van der Waals surface area contributed by atoms with E-state index in [0.29, 0.717) is 0 Å². The van der Waals surface area contributed by atoms with Gasteiger partial charge in [-0.1, -0.05) is 171 Å². The Morgan fingerprint density at radius 1 is 0.412 bits per heavy atom. The van der Waals surface area contributed by atoms with Crippen molar-refractivity contribution in [3.8, 4) is 11.1 Å². The topological polar surface area (TPSA) is 3.24 Å². The number of rotatable bonds is 4. The summed E-state index contributed by atoms with van der Waals surface area (Å²) in [6.45, 7) is 13.7. The van der Waals surface area contributed by atoms with E-state index >= 15 is 0 Å². The third-order valence-corrected chi connectivity index (χ3v) is 11.6. The molecule has 7 aromatic carbocycles. The molecule has 51 heavy (non-hydrogen) atoms. The van der Waals surface area contributed by atoms with Gasteiger partial charge in [-0.15, -0.1) is 0 Å². The lowest BCUT2D eigenvalue weighted by Crippen LogP contribution is -2.56. The highest BCUT2D eigenvalue weighted by Crippen LogP contribution is 2.63. The minimum Gasteiger partial charge on any atom is -0.310 e. The normalized spacial score (nSPS) is 13.4. The first kappa shape index (κ1) is 31.4. The number of benzene rings is 7. The molecule has 2 heteroatoms. The first-order chi connectivity index (χ1) is 24.8. The van der Waals surface area contributed by atoms with Gasteiger partial charge in [-0.3, -0.25) is 0 Å². The predicted molar refractivity (Wildman–Crippen MR) is 218 cm³/mol. The second-order valence-electron chi connectivity index (χ2n) is 14.9. The van der Waals surface area contributed by atoms with Crippen molar-refractivity contribution >= 4 is 40.2 Å². The number of fused-ring (bicyclic) bond motifs is 9. The Kier molecular flexibility index (Phi) is 7.23. The fraction of sp³-hybridized carbons (Fsp3) is 0.143. The molecule has 0 bridgehead atoms. The first-order valence-corrected chi connectivity index (χ1v) is 18.2. The van der Waals surface area contributed by atoms with E-state index in [1.54, 1.807) is 0 Å². The van der Waals surface area contributed by atoms with Gasteiger partial charge in [0.15, 0.2) is 0 Å². The molecule has 1 aliphatic carbocycles. The van der Waals surface area contributed by atoms with Gasteiger partial charge in [0.1, 0.15) is 0 Å². The van der Waals surface area contributed by atoms with Crippen molar-refractivity contribution in [2.24, 2.45) is 0 Å². The van der Waals surface area contributed by atoms with Crippen LogP contribution < -0.4 is 21.3 Å². The SMILES string of the molecule is Cc1cc(C)c(B(c2ccc3c(c2)-c2ccccc2C32c3ccccc3N(c3ccccc3)c3ccccc32)c2c(C)cc(C)cc2C)c(C)c1. The Morgan fingerprint density at radius 3 is 1.41 bits per heavy atom. The molecule has 0 aromatic heterocycles. The second-order valence-corrected chi connectivity index (χ2v) is 14.9. The largest absolute Gasteiger partial charge is 0.310 e. The average molecular weight is 656 g/mol. The first-order valence-electron chi connectivity index (χ1n) is 18.2. The minimum atomic E-state index is -0.455. The van der Waals surface area contributed by atoms with E-state index in [9.17, 15) is 0 Å². The molecule has 1 heterocycles. The number of para-hydroxylation sites is 3. The molecule has 0 saturated heterocycles. The zero-order valence-corrected chi connectivity index (χ0v) is 30.4. The Balaban J connectivity index is 1.35. The van der Waals surface area contributed by atoms with Crippen LogP contribution in [0.3, 0.4) is 0 Å². The molecule has 0 unspecified atom stereocenters. The number of nitrogens with zero attached hydrogens (tertiary/aromatic N) is 1. The van der Waals surface area contributed by atoms with Crippen molar-refractivity contribution in [2.75, 3.05) is 4.90 Å². The smallest absolute Gasteiger partial charge is 0.242 e. The standard InChI is InChI=1S/C49H42BN/c1-31-26-33(3)47(34(4)27-31)50(48-35(5)28-32(2)29-36(48)6)37-24-25-42-40(30-37)39-18-10-11-19-41(39)49(42)43-20-12-14-22-45(43)51(38-16-8-7-9-17-38)46-23-15-13-21-44(46)49/h7-30H,1-6H3. The zero-order chi connectivity index (χ0) is 35.0. The summed E-state index contributed by atoms with van der Waals surface area (Å²) in [6, 6.07) is 55.0. The molecule has 1 spiro atoms. The van der Waals surface area contributed by atoms with E-state index in [1.807, 2.05) is 0 Å². The zero-order valence-electron chi connectivity index (χ0n) is 30.4. The monoisotopic (exact) mass is 655 g/mol. The number of hydrogen-bond donors (Lipinski definition) is 0. The number of aryl methyl sites for hydroxylation is 6. The van der Waals surface area contributed by atoms with Gasteiger partial charge in [-0.25, -0.2) is 0 Å². The summed E-state index contributed by atoms with van der Waals surface area (Å²) in [6.07, 6.45) is 0. The van der Waals surface area contributed by atoms with E-state index in [0.717, 1.165) is 0 Å². The summed E-state index contributed by atoms with van der Waals surface area (Å²) >= 11 is 0. The molecule has 1 nitrogen and oxygen atoms in total. The van der Waals surface area contributed by atoms with Crippen molar-refractivity contribution in [2.45, 2.75) is 47.0 Å². The fourth-order valence-corrected chi connectivity index (χ4v) is 9.93. The maximum atomic E-state index is 2.54. The molecular formula is C49H42BN. The van der Waals surface area contributed by atoms with Crippen LogP contribution in [0.5, 0.6) is 0 Å². The van der Waals surface area contributed by atoms with Crippen LogP contribution in [0.15, 0.2) is 146 Å². The van der Waals surface area contributed by atoms with Crippen LogP contribution in [0.4, 0.5) is 17.1 Å². The van der Waals surface area contributed by atoms with E-state index in [2.05, 4.69) is 192 Å². The van der Waals surface area contributed by atoms with E-state index in [-0.39, 0.29) is 6.71 Å². The minimum absolute atomic E-state index is 0.111. The quantitative estimate of drug-likeness (QED) is 0.171. The maximum absolute atomic E-state index is 2.54. The third kappa shape index (κ3) is 4.55. The Morgan fingerprint density at radius 2 is 0.863 bits per heavy atom. The molecule has 0 atom stereocenters. The van der Waals surface area contributed by atoms with Gasteiger partial charge in [0.25, 0.3) is 0 Å². The molecule has 0 radical (unpaired) electrons. The van der Waals surface area contributed by atoms with Crippen molar-refractivity contribution in [3.05, 3.63) is 201 Å². The fourth-order valence-electron chi connectivity index (χ4n) is 9.93. The summed E-state index contributed by atoms with van der Waals surface area (Å²) in [5.41, 5.74) is 23.4. The molecule has 0 saturated carbocycles. The van der Waals surface area contributed by atoms with E-state index in [4.69, 9.17) is 0 Å². The lowest BCUT2D eigenvalue weighted by molar-refractivity contribution is 0.753. The van der Waals surface area contributed by atoms with E-state index < -0.39 is 5.41 Å². The van der Waals surface area contributed by atoms with Crippen LogP contribution in [0.2, 0.25) is 0 Å². The van der Waals surface area contributed by atoms with Crippen molar-refractivity contribution in [3.63, 3.8) is 0 Å². The third-order valence-electron chi connectivity index (χ3n) is 11.6. The summed E-state index contributed by atoms with van der Waals surface area (Å²) in [7, 11) is 0. The van der Waals surface area contributed by atoms with Crippen LogP contribution in [-0.4, -0.2) is 6.71 Å². The van der Waals surface area contributed by atoms with Crippen molar-refractivity contribution < 1.29 is 0 Å². The lowest BCUT2D eigenvalue weighted by Gasteiger charge is -2.45. The molecule has 9 rings (SSSR count). The van der Waals surface area contributed by atoms with Gasteiger partial charge in [-0.2, -0.15) is 0 Å². The second kappa shape index (κ2) is 11.7. The van der Waals surface area contributed by atoms with Crippen LogP contribution >= 0.6 is 0 Å². The predicted octanol–water partition coefficient (Wildman–Crippen LogP) is 10.2. The van der Waals surface area contributed by atoms with Gasteiger partial charge in [0, 0.05) is 5.69 Å². The van der Waals surface area contributed by atoms with Crippen LogP contribution in [-0.2, 0) is 5.41 Å². The highest BCUT2D eigenvalue weighted by molar-refractivity contribution is 6.96. The van der Waals surface area contributed by atoms with Gasteiger partial charge < -0.3 is 4.90 Å². The summed E-state index contributed by atoms with van der Waals surface area (Å²) in [4.78, 5) is 2.45. The molecule has 7 aromatic rings. The van der Waals surface area contributed by atoms with Gasteiger partial charge in [0.2, 0.25) is 6.71 Å². The highest BCUT2D eigenvalue weighted by atomic mass is 15.2. The Hall–Kier alpha value is -5.60. The van der Waals surface area contributed by atoms with Crippen LogP contribution in [0.25, 0.3) is 11.1 Å². The number of hydrogen-bond acceptors (Lipinski definition) is 1. The van der Waals surface area contributed by atoms with Crippen molar-refractivity contribution in [1.29, 1.82) is 0 Å². The number of anilines is 3. The summed E-state index contributed by atoms with van der Waals surface area (Å²) in [5, 5.41) is 0. The maximum Gasteiger partial charge on any atom is 0.242 e. The molecule has 246 valence electrons. The van der Waals surface area contributed by atoms with Gasteiger partial charge >= 0.3 is 0 Å². The van der Waals surface area contributed by atoms with Crippen LogP contribution in [0.1, 0.15) is 55.6 Å². The molecule has 0 fully saturated rings. The van der Waals surface area contributed by atoms with Crippen molar-refractivity contribution in [1.82, 2.24) is 0 Å². The summed E-state index contributed by atoms with van der Waals surface area (Å²) in [5.74, 6) is 0. The molecule has 2 aliphatic rings. The van der Waals surface area contributed by atoms with Gasteiger partial charge in [0.05, 0.1) is 16.8 Å². The lowest BCUT2D eigenvalue weighted by atomic mass is 9.34. The Bertz CT molecular complexity index is 2360. The molecule has 0 N–H and O–H groups in total. The van der Waals surface area contributed by atoms with Gasteiger partial charge in [-0.05, 0) is 99.2 Å².